The first-order valence-electron chi connectivity index (χ1n) is 8.91. The van der Waals surface area contributed by atoms with E-state index in [9.17, 15) is 13.2 Å². The van der Waals surface area contributed by atoms with E-state index in [2.05, 4.69) is 35.0 Å². The second kappa shape index (κ2) is 6.47. The number of nitrogens with zero attached hydrogens (tertiary/aromatic N) is 1. The summed E-state index contributed by atoms with van der Waals surface area (Å²) in [6.07, 6.45) is -2.58. The molecule has 0 atom stereocenters. The van der Waals surface area contributed by atoms with Crippen LogP contribution < -0.4 is 5.32 Å². The first-order chi connectivity index (χ1) is 12.4. The molecule has 2 aromatic carbocycles. The lowest BCUT2D eigenvalue weighted by atomic mass is 10.0. The highest BCUT2D eigenvalue weighted by Gasteiger charge is 2.29. The van der Waals surface area contributed by atoms with Crippen LogP contribution in [-0.2, 0) is 32.1 Å². The van der Waals surface area contributed by atoms with Crippen LogP contribution in [-0.4, -0.2) is 11.1 Å². The summed E-state index contributed by atoms with van der Waals surface area (Å²) < 4.78 is 40.5. The average molecular weight is 358 g/mol. The van der Waals surface area contributed by atoms with Gasteiger partial charge < -0.3 is 9.88 Å². The Balaban J connectivity index is 1.63. The van der Waals surface area contributed by atoms with Crippen LogP contribution in [0.5, 0.6) is 0 Å². The fraction of sp³-hybridized carbons (Fsp3) is 0.333. The molecule has 5 heteroatoms. The molecule has 0 aliphatic carbocycles. The van der Waals surface area contributed by atoms with Crippen LogP contribution in [0, 0.1) is 6.92 Å². The molecule has 2 heterocycles. The Morgan fingerprint density at radius 1 is 1.08 bits per heavy atom. The van der Waals surface area contributed by atoms with Gasteiger partial charge in [0.2, 0.25) is 0 Å². The quantitative estimate of drug-likeness (QED) is 0.708. The van der Waals surface area contributed by atoms with Crippen molar-refractivity contribution in [2.24, 2.45) is 0 Å². The minimum atomic E-state index is -4.28. The molecule has 1 N–H and O–H groups in total. The Labute approximate surface area is 150 Å². The van der Waals surface area contributed by atoms with Crippen LogP contribution in [0.15, 0.2) is 42.5 Å². The predicted octanol–water partition coefficient (Wildman–Crippen LogP) is 4.86. The number of rotatable bonds is 3. The lowest BCUT2D eigenvalue weighted by Crippen LogP contribution is -2.24. The molecule has 1 aromatic heterocycles. The number of nitrogens with one attached hydrogen (secondary N) is 1. The van der Waals surface area contributed by atoms with Gasteiger partial charge in [0.25, 0.3) is 0 Å². The van der Waals surface area contributed by atoms with Gasteiger partial charge in [0, 0.05) is 42.7 Å². The largest absolute Gasteiger partial charge is 0.416 e. The van der Waals surface area contributed by atoms with Crippen molar-refractivity contribution >= 4 is 10.9 Å². The third-order valence-electron chi connectivity index (χ3n) is 5.19. The molecule has 4 rings (SSSR count). The molecular weight excluding hydrogens is 337 g/mol. The lowest BCUT2D eigenvalue weighted by Gasteiger charge is -2.17. The van der Waals surface area contributed by atoms with Crippen LogP contribution >= 0.6 is 0 Å². The first kappa shape index (κ1) is 17.2. The molecule has 136 valence electrons. The van der Waals surface area contributed by atoms with Crippen LogP contribution in [0.3, 0.4) is 0 Å². The summed E-state index contributed by atoms with van der Waals surface area (Å²) in [5.74, 6) is 0. The molecule has 0 fully saturated rings. The van der Waals surface area contributed by atoms with Crippen molar-refractivity contribution in [3.63, 3.8) is 0 Å². The van der Waals surface area contributed by atoms with E-state index in [1.807, 2.05) is 0 Å². The molecule has 3 aromatic rings. The molecule has 0 bridgehead atoms. The number of aromatic nitrogens is 1. The Bertz CT molecular complexity index is 937. The highest BCUT2D eigenvalue weighted by Crippen LogP contribution is 2.31. The van der Waals surface area contributed by atoms with Gasteiger partial charge in [-0.25, -0.2) is 0 Å². The van der Waals surface area contributed by atoms with Gasteiger partial charge in [-0.3, -0.25) is 0 Å². The summed E-state index contributed by atoms with van der Waals surface area (Å²) in [5, 5.41) is 4.73. The second-order valence-corrected chi connectivity index (χ2v) is 6.97. The lowest BCUT2D eigenvalue weighted by molar-refractivity contribution is -0.137. The van der Waals surface area contributed by atoms with E-state index >= 15 is 0 Å². The van der Waals surface area contributed by atoms with Gasteiger partial charge in [-0.1, -0.05) is 23.8 Å². The number of hydrogen-bond donors (Lipinski definition) is 1. The molecule has 0 unspecified atom stereocenters. The highest BCUT2D eigenvalue weighted by atomic mass is 19.4. The summed E-state index contributed by atoms with van der Waals surface area (Å²) in [5.41, 5.74) is 5.52. The molecule has 0 radical (unpaired) electrons. The summed E-state index contributed by atoms with van der Waals surface area (Å²) in [6, 6.07) is 12.0. The number of halogens is 3. The summed E-state index contributed by atoms with van der Waals surface area (Å²) in [7, 11) is 0. The van der Waals surface area contributed by atoms with E-state index in [-0.39, 0.29) is 0 Å². The highest BCUT2D eigenvalue weighted by molar-refractivity contribution is 5.86. The Kier molecular flexibility index (Phi) is 4.27. The van der Waals surface area contributed by atoms with Gasteiger partial charge >= 0.3 is 6.18 Å². The van der Waals surface area contributed by atoms with Gasteiger partial charge in [0.15, 0.2) is 0 Å². The van der Waals surface area contributed by atoms with Crippen LogP contribution in [0.25, 0.3) is 10.9 Å². The van der Waals surface area contributed by atoms with E-state index < -0.39 is 11.7 Å². The summed E-state index contributed by atoms with van der Waals surface area (Å²) in [4.78, 5) is 0. The first-order valence-corrected chi connectivity index (χ1v) is 8.91. The monoisotopic (exact) mass is 358 g/mol. The zero-order valence-electron chi connectivity index (χ0n) is 14.7. The third kappa shape index (κ3) is 3.12. The Hall–Kier alpha value is -2.27. The van der Waals surface area contributed by atoms with Crippen molar-refractivity contribution in [2.75, 3.05) is 6.54 Å². The van der Waals surface area contributed by atoms with E-state index in [0.717, 1.165) is 38.0 Å². The smallest absolute Gasteiger partial charge is 0.344 e. The zero-order chi connectivity index (χ0) is 18.3. The number of alkyl halides is 3. The molecule has 1 aliphatic rings. The SMILES string of the molecule is Cc1ccc2c(c1)c1c(n2CCc2ccc(C(F)(F)F)cc2)CCNC1. The maximum atomic E-state index is 12.7. The number of benzene rings is 2. The van der Waals surface area contributed by atoms with Crippen molar-refractivity contribution < 1.29 is 13.2 Å². The summed E-state index contributed by atoms with van der Waals surface area (Å²) >= 11 is 0. The molecule has 1 aliphatic heterocycles. The van der Waals surface area contributed by atoms with Crippen molar-refractivity contribution in [3.8, 4) is 0 Å². The second-order valence-electron chi connectivity index (χ2n) is 6.97. The van der Waals surface area contributed by atoms with Crippen molar-refractivity contribution in [2.45, 2.75) is 39.0 Å². The number of fused-ring (bicyclic) bond motifs is 3. The normalized spacial score (nSPS) is 14.6. The zero-order valence-corrected chi connectivity index (χ0v) is 14.7. The van der Waals surface area contributed by atoms with E-state index in [1.54, 1.807) is 12.1 Å². The molecular formula is C21H21F3N2. The topological polar surface area (TPSA) is 17.0 Å². The number of aryl methyl sites for hydroxylation is 3. The molecule has 0 saturated heterocycles. The average Bonchev–Trinajstić information content (AvgIpc) is 2.93. The van der Waals surface area contributed by atoms with E-state index in [0.29, 0.717) is 0 Å². The van der Waals surface area contributed by atoms with Crippen molar-refractivity contribution in [3.05, 3.63) is 70.4 Å². The van der Waals surface area contributed by atoms with Crippen molar-refractivity contribution in [1.82, 2.24) is 9.88 Å². The minimum Gasteiger partial charge on any atom is -0.344 e. The standard InChI is InChI=1S/C21H21F3N2/c1-14-2-7-19-17(12-14)18-13-25-10-8-20(18)26(19)11-9-15-3-5-16(6-4-15)21(22,23)24/h2-7,12,25H,8-11,13H2,1H3. The molecule has 0 amide bonds. The van der Waals surface area contributed by atoms with E-state index in [4.69, 9.17) is 0 Å². The summed E-state index contributed by atoms with van der Waals surface area (Å²) in [6.45, 7) is 4.72. The van der Waals surface area contributed by atoms with E-state index in [1.165, 1.54) is 39.9 Å². The maximum absolute atomic E-state index is 12.7. The minimum absolute atomic E-state index is 0.591. The van der Waals surface area contributed by atoms with Gasteiger partial charge in [0.05, 0.1) is 5.56 Å². The predicted molar refractivity (Wildman–Crippen MR) is 97.2 cm³/mol. The molecule has 0 spiro atoms. The fourth-order valence-electron chi connectivity index (χ4n) is 3.85. The fourth-order valence-corrected chi connectivity index (χ4v) is 3.85. The van der Waals surface area contributed by atoms with Crippen LogP contribution in [0.1, 0.15) is 27.9 Å². The van der Waals surface area contributed by atoms with Crippen molar-refractivity contribution in [1.29, 1.82) is 0 Å². The Morgan fingerprint density at radius 2 is 1.85 bits per heavy atom. The van der Waals surface area contributed by atoms with Crippen LogP contribution in [0.2, 0.25) is 0 Å². The third-order valence-corrected chi connectivity index (χ3v) is 5.19. The van der Waals surface area contributed by atoms with Gasteiger partial charge in [-0.15, -0.1) is 0 Å². The van der Waals surface area contributed by atoms with Gasteiger partial charge in [0.1, 0.15) is 0 Å². The van der Waals surface area contributed by atoms with Gasteiger partial charge in [-0.2, -0.15) is 13.2 Å². The number of hydrogen-bond acceptors (Lipinski definition) is 1. The van der Waals surface area contributed by atoms with Crippen LogP contribution in [0.4, 0.5) is 13.2 Å². The molecule has 26 heavy (non-hydrogen) atoms. The maximum Gasteiger partial charge on any atom is 0.416 e. The van der Waals surface area contributed by atoms with Gasteiger partial charge in [-0.05, 0) is 48.7 Å². The molecule has 0 saturated carbocycles. The molecule has 2 nitrogen and oxygen atoms in total. The Morgan fingerprint density at radius 3 is 2.58 bits per heavy atom.